The molecular weight excluding hydrogens is 123 g/mol. The number of ether oxygens (including phenoxy) is 1. The van der Waals surface area contributed by atoms with Crippen LogP contribution in [0.15, 0.2) is 11.5 Å². The minimum atomic E-state index is -0.204. The van der Waals surface area contributed by atoms with Crippen molar-refractivity contribution in [2.24, 2.45) is 0 Å². The molecule has 0 bridgehead atoms. The van der Waals surface area contributed by atoms with Crippen LogP contribution >= 0.6 is 0 Å². The van der Waals surface area contributed by atoms with Crippen molar-refractivity contribution in [3.63, 3.8) is 0 Å². The summed E-state index contributed by atoms with van der Waals surface area (Å²) in [5, 5.41) is 10.7. The number of allylic oxidation sites excluding steroid dienone is 1. The minimum Gasteiger partial charge on any atom is -0.611 e. The second-order valence-corrected chi connectivity index (χ2v) is 2.45. The normalized spacial score (nSPS) is 8.50. The molecule has 54 valence electrons. The molecule has 0 aliphatic rings. The fourth-order valence-corrected chi connectivity index (χ4v) is 0.332. The Bertz CT molecular complexity index is 115. The number of rotatable bonds is 2. The molecule has 0 amide bonds. The van der Waals surface area contributed by atoms with E-state index in [9.17, 15) is 5.11 Å². The maximum Gasteiger partial charge on any atom is 1.00 e. The Labute approximate surface area is 74.4 Å². The van der Waals surface area contributed by atoms with Gasteiger partial charge in [0.25, 0.3) is 0 Å². The summed E-state index contributed by atoms with van der Waals surface area (Å²) in [4.78, 5) is 0. The summed E-state index contributed by atoms with van der Waals surface area (Å²) in [6, 6.07) is 0. The van der Waals surface area contributed by atoms with Crippen LogP contribution in [0.1, 0.15) is 27.7 Å². The van der Waals surface area contributed by atoms with E-state index in [-0.39, 0.29) is 30.9 Å². The molecule has 0 heterocycles. The minimum absolute atomic E-state index is 0. The summed E-state index contributed by atoms with van der Waals surface area (Å²) >= 11 is 0. The monoisotopic (exact) mass is 136 g/mol. The average molecular weight is 136 g/mol. The smallest absolute Gasteiger partial charge is 0.611 e. The largest absolute Gasteiger partial charge is 1.00 e. The zero-order chi connectivity index (χ0) is 7.44. The topological polar surface area (TPSA) is 32.3 Å². The second kappa shape index (κ2) is 5.70. The molecule has 0 unspecified atom stereocenters. The van der Waals surface area contributed by atoms with E-state index in [1.165, 1.54) is 0 Å². The van der Waals surface area contributed by atoms with Crippen molar-refractivity contribution >= 4 is 0 Å². The fraction of sp³-hybridized carbons (Fsp3) is 0.714. The van der Waals surface area contributed by atoms with Crippen molar-refractivity contribution in [3.05, 3.63) is 11.5 Å². The van der Waals surface area contributed by atoms with E-state index in [2.05, 4.69) is 0 Å². The molecule has 0 atom stereocenters. The molecule has 0 aromatic heterocycles. The Kier molecular flexibility index (Phi) is 7.18. The van der Waals surface area contributed by atoms with E-state index in [1.807, 2.05) is 13.8 Å². The first-order valence-corrected chi connectivity index (χ1v) is 3.05. The SMILES string of the molecule is CC(C)=C([O-])OC(C)C.[Li+]. The van der Waals surface area contributed by atoms with Gasteiger partial charge >= 0.3 is 18.9 Å². The van der Waals surface area contributed by atoms with E-state index < -0.39 is 0 Å². The van der Waals surface area contributed by atoms with Gasteiger partial charge < -0.3 is 9.84 Å². The maximum atomic E-state index is 10.7. The van der Waals surface area contributed by atoms with Gasteiger partial charge in [-0.25, -0.2) is 0 Å². The van der Waals surface area contributed by atoms with Crippen LogP contribution in [-0.2, 0) is 4.74 Å². The van der Waals surface area contributed by atoms with Crippen LogP contribution in [0.2, 0.25) is 0 Å². The van der Waals surface area contributed by atoms with Crippen LogP contribution < -0.4 is 24.0 Å². The molecule has 0 radical (unpaired) electrons. The number of hydrogen-bond acceptors (Lipinski definition) is 2. The fourth-order valence-electron chi connectivity index (χ4n) is 0.332. The van der Waals surface area contributed by atoms with Crippen LogP contribution in [0.4, 0.5) is 0 Å². The third kappa shape index (κ3) is 6.06. The van der Waals surface area contributed by atoms with E-state index >= 15 is 0 Å². The van der Waals surface area contributed by atoms with Crippen molar-refractivity contribution in [2.75, 3.05) is 0 Å². The van der Waals surface area contributed by atoms with Gasteiger partial charge in [0.2, 0.25) is 0 Å². The zero-order valence-corrected chi connectivity index (χ0v) is 7.39. The molecule has 3 heteroatoms. The van der Waals surface area contributed by atoms with E-state index in [1.54, 1.807) is 13.8 Å². The molecule has 0 spiro atoms. The van der Waals surface area contributed by atoms with Gasteiger partial charge in [0.15, 0.2) is 0 Å². The van der Waals surface area contributed by atoms with Gasteiger partial charge in [0.05, 0.1) is 5.95 Å². The van der Waals surface area contributed by atoms with Crippen molar-refractivity contribution < 1.29 is 28.7 Å². The predicted molar refractivity (Wildman–Crippen MR) is 34.6 cm³/mol. The molecule has 0 fully saturated rings. The van der Waals surface area contributed by atoms with E-state index in [0.29, 0.717) is 5.57 Å². The zero-order valence-electron chi connectivity index (χ0n) is 7.39. The third-order valence-electron chi connectivity index (χ3n) is 0.751. The molecule has 0 rings (SSSR count). The van der Waals surface area contributed by atoms with Crippen molar-refractivity contribution in [3.8, 4) is 0 Å². The molecule has 0 saturated heterocycles. The third-order valence-corrected chi connectivity index (χ3v) is 0.751. The summed E-state index contributed by atoms with van der Waals surface area (Å²) in [6.45, 7) is 7.15. The van der Waals surface area contributed by atoms with Gasteiger partial charge in [0, 0.05) is 0 Å². The predicted octanol–water partition coefficient (Wildman–Crippen LogP) is -1.97. The average Bonchev–Trinajstić information content (AvgIpc) is 1.63. The van der Waals surface area contributed by atoms with E-state index in [4.69, 9.17) is 4.74 Å². The Balaban J connectivity index is 0. The van der Waals surface area contributed by atoms with Crippen LogP contribution in [-0.4, -0.2) is 6.10 Å². The van der Waals surface area contributed by atoms with Crippen LogP contribution in [0.25, 0.3) is 0 Å². The molecule has 0 aliphatic carbocycles. The van der Waals surface area contributed by atoms with Crippen molar-refractivity contribution in [1.82, 2.24) is 0 Å². The van der Waals surface area contributed by atoms with Gasteiger partial charge in [-0.15, -0.1) is 0 Å². The van der Waals surface area contributed by atoms with Crippen LogP contribution in [0.3, 0.4) is 0 Å². The first-order chi connectivity index (χ1) is 4.04. The standard InChI is InChI=1S/C7H14O2.Li/c1-5(2)7(8)9-6(3)4;/h6,8H,1-4H3;/q;+1/p-1. The molecular formula is C7H13LiO2. The number of hydrogen-bond donors (Lipinski definition) is 0. The molecule has 10 heavy (non-hydrogen) atoms. The molecule has 0 aliphatic heterocycles. The first-order valence-electron chi connectivity index (χ1n) is 3.05. The van der Waals surface area contributed by atoms with Crippen LogP contribution in [0, 0.1) is 0 Å². The van der Waals surface area contributed by atoms with Crippen molar-refractivity contribution in [1.29, 1.82) is 0 Å². The summed E-state index contributed by atoms with van der Waals surface area (Å²) in [5.41, 5.74) is 0.698. The Morgan fingerprint density at radius 3 is 1.80 bits per heavy atom. The van der Waals surface area contributed by atoms with Gasteiger partial charge in [-0.3, -0.25) is 0 Å². The molecule has 0 N–H and O–H groups in total. The van der Waals surface area contributed by atoms with Crippen molar-refractivity contribution in [2.45, 2.75) is 33.8 Å². The second-order valence-electron chi connectivity index (χ2n) is 2.45. The Morgan fingerprint density at radius 2 is 1.70 bits per heavy atom. The van der Waals surface area contributed by atoms with Gasteiger partial charge in [-0.05, 0) is 20.0 Å². The van der Waals surface area contributed by atoms with Gasteiger partial charge in [0.1, 0.15) is 0 Å². The molecule has 2 nitrogen and oxygen atoms in total. The summed E-state index contributed by atoms with van der Waals surface area (Å²) in [7, 11) is 0. The quantitative estimate of drug-likeness (QED) is 0.326. The molecule has 0 aromatic carbocycles. The summed E-state index contributed by atoms with van der Waals surface area (Å²) in [5.74, 6) is -0.204. The summed E-state index contributed by atoms with van der Waals surface area (Å²) in [6.07, 6.45) is -0.00704. The van der Waals surface area contributed by atoms with Crippen LogP contribution in [0.5, 0.6) is 0 Å². The Morgan fingerprint density at radius 1 is 1.30 bits per heavy atom. The first kappa shape index (κ1) is 12.6. The summed E-state index contributed by atoms with van der Waals surface area (Å²) < 4.78 is 4.84. The molecule has 0 aromatic rings. The Hall–Kier alpha value is -0.0626. The van der Waals surface area contributed by atoms with E-state index in [0.717, 1.165) is 0 Å². The molecule has 0 saturated carbocycles. The van der Waals surface area contributed by atoms with Gasteiger partial charge in [-0.2, -0.15) is 0 Å². The van der Waals surface area contributed by atoms with Gasteiger partial charge in [-0.1, -0.05) is 19.4 Å². The maximum absolute atomic E-state index is 10.7.